The van der Waals surface area contributed by atoms with Crippen molar-refractivity contribution >= 4 is 22.5 Å². The minimum absolute atomic E-state index is 0.160. The van der Waals surface area contributed by atoms with E-state index >= 15 is 0 Å². The van der Waals surface area contributed by atoms with E-state index in [1.54, 1.807) is 31.2 Å². The van der Waals surface area contributed by atoms with Crippen molar-refractivity contribution in [2.24, 2.45) is 0 Å². The van der Waals surface area contributed by atoms with Crippen molar-refractivity contribution in [3.8, 4) is 0 Å². The number of anilines is 1. The Morgan fingerprint density at radius 1 is 1.00 bits per heavy atom. The zero-order valence-electron chi connectivity index (χ0n) is 15.1. The number of nitrogens with zero attached hydrogens (tertiary/aromatic N) is 2. The lowest BCUT2D eigenvalue weighted by Gasteiger charge is -2.14. The third kappa shape index (κ3) is 3.06. The zero-order valence-corrected chi connectivity index (χ0v) is 15.1. The number of hydrogen-bond donors (Lipinski definition) is 1. The molecule has 6 nitrogen and oxygen atoms in total. The molecular weight excluding hydrogens is 330 g/mol. The smallest absolute Gasteiger partial charge is 0.324 e. The van der Waals surface area contributed by atoms with Crippen molar-refractivity contribution in [2.75, 3.05) is 5.32 Å². The number of nitrogens with one attached hydrogen (secondary N) is 1. The van der Waals surface area contributed by atoms with Crippen molar-refractivity contribution in [1.82, 2.24) is 9.13 Å². The second-order valence-corrected chi connectivity index (χ2v) is 6.23. The third-order valence-electron chi connectivity index (χ3n) is 4.63. The molecule has 6 heteroatoms. The van der Waals surface area contributed by atoms with Crippen LogP contribution in [0.3, 0.4) is 0 Å². The van der Waals surface area contributed by atoms with Gasteiger partial charge >= 0.3 is 5.69 Å². The maximum Gasteiger partial charge on any atom is 0.331 e. The molecule has 1 N–H and O–H groups in total. The van der Waals surface area contributed by atoms with Gasteiger partial charge in [-0.25, -0.2) is 4.79 Å². The number of hydrogen-bond acceptors (Lipinski definition) is 3. The summed E-state index contributed by atoms with van der Waals surface area (Å²) >= 11 is 0. The molecule has 1 amide bonds. The summed E-state index contributed by atoms with van der Waals surface area (Å²) < 4.78 is 2.49. The summed E-state index contributed by atoms with van der Waals surface area (Å²) in [4.78, 5) is 37.7. The van der Waals surface area contributed by atoms with Gasteiger partial charge in [-0.1, -0.05) is 24.3 Å². The van der Waals surface area contributed by atoms with Crippen molar-refractivity contribution < 1.29 is 4.79 Å². The van der Waals surface area contributed by atoms with Crippen LogP contribution in [-0.4, -0.2) is 15.0 Å². The monoisotopic (exact) mass is 351 g/mol. The Balaban J connectivity index is 2.03. The van der Waals surface area contributed by atoms with E-state index in [0.29, 0.717) is 10.9 Å². The van der Waals surface area contributed by atoms with Crippen LogP contribution in [0.5, 0.6) is 0 Å². The molecule has 0 spiro atoms. The number of amides is 1. The number of benzene rings is 2. The first kappa shape index (κ1) is 17.7. The molecule has 0 radical (unpaired) electrons. The topological polar surface area (TPSA) is 73.1 Å². The van der Waals surface area contributed by atoms with E-state index in [0.717, 1.165) is 21.4 Å². The van der Waals surface area contributed by atoms with Gasteiger partial charge in [0.1, 0.15) is 6.54 Å². The lowest BCUT2D eigenvalue weighted by atomic mass is 10.1. The second kappa shape index (κ2) is 7.00. The van der Waals surface area contributed by atoms with Gasteiger partial charge in [-0.05, 0) is 50.1 Å². The van der Waals surface area contributed by atoms with Crippen LogP contribution in [0.1, 0.15) is 18.1 Å². The predicted molar refractivity (Wildman–Crippen MR) is 103 cm³/mol. The van der Waals surface area contributed by atoms with Crippen LogP contribution in [0.2, 0.25) is 0 Å². The van der Waals surface area contributed by atoms with E-state index < -0.39 is 5.69 Å². The van der Waals surface area contributed by atoms with Crippen LogP contribution in [0.4, 0.5) is 5.69 Å². The van der Waals surface area contributed by atoms with E-state index in [1.165, 1.54) is 4.57 Å². The molecule has 1 heterocycles. The summed E-state index contributed by atoms with van der Waals surface area (Å²) in [6, 6.07) is 12.5. The number of aromatic nitrogens is 2. The number of carbonyl (C=O) groups is 1. The quantitative estimate of drug-likeness (QED) is 0.785. The first-order valence-corrected chi connectivity index (χ1v) is 8.52. The van der Waals surface area contributed by atoms with E-state index in [-0.39, 0.29) is 24.6 Å². The summed E-state index contributed by atoms with van der Waals surface area (Å²) in [6.07, 6.45) is 0. The number of rotatable bonds is 4. The van der Waals surface area contributed by atoms with Gasteiger partial charge in [-0.15, -0.1) is 0 Å². The van der Waals surface area contributed by atoms with Crippen LogP contribution in [-0.2, 0) is 17.9 Å². The number of fused-ring (bicyclic) bond motifs is 1. The van der Waals surface area contributed by atoms with Gasteiger partial charge in [0.25, 0.3) is 5.56 Å². The molecule has 2 aromatic carbocycles. The molecule has 0 aliphatic heterocycles. The van der Waals surface area contributed by atoms with E-state index in [1.807, 2.05) is 32.0 Å². The molecule has 0 atom stereocenters. The Kier molecular flexibility index (Phi) is 4.75. The van der Waals surface area contributed by atoms with E-state index in [9.17, 15) is 14.4 Å². The van der Waals surface area contributed by atoms with Crippen LogP contribution in [0.15, 0.2) is 52.1 Å². The highest BCUT2D eigenvalue weighted by molar-refractivity contribution is 5.92. The van der Waals surface area contributed by atoms with Gasteiger partial charge in [0, 0.05) is 12.2 Å². The number of para-hydroxylation sites is 1. The first-order valence-electron chi connectivity index (χ1n) is 8.52. The minimum Gasteiger partial charge on any atom is -0.324 e. The average Bonchev–Trinajstić information content (AvgIpc) is 2.63. The maximum atomic E-state index is 12.7. The summed E-state index contributed by atoms with van der Waals surface area (Å²) in [6.45, 7) is 5.73. The van der Waals surface area contributed by atoms with Gasteiger partial charge in [0.2, 0.25) is 5.91 Å². The summed E-state index contributed by atoms with van der Waals surface area (Å²) in [5, 5.41) is 3.28. The van der Waals surface area contributed by atoms with Crippen molar-refractivity contribution in [3.63, 3.8) is 0 Å². The van der Waals surface area contributed by atoms with Crippen molar-refractivity contribution in [2.45, 2.75) is 33.9 Å². The fraction of sp³-hybridized carbons (Fsp3) is 0.250. The molecule has 0 bridgehead atoms. The van der Waals surface area contributed by atoms with Gasteiger partial charge in [0.05, 0.1) is 10.9 Å². The molecule has 3 aromatic rings. The lowest BCUT2D eigenvalue weighted by molar-refractivity contribution is -0.116. The Labute approximate surface area is 150 Å². The molecule has 26 heavy (non-hydrogen) atoms. The molecule has 0 fully saturated rings. The van der Waals surface area contributed by atoms with Crippen LogP contribution < -0.4 is 16.6 Å². The second-order valence-electron chi connectivity index (χ2n) is 6.23. The number of carbonyl (C=O) groups excluding carboxylic acids is 1. The lowest BCUT2D eigenvalue weighted by Crippen LogP contribution is -2.41. The molecule has 1 aromatic heterocycles. The maximum absolute atomic E-state index is 12.7. The fourth-order valence-corrected chi connectivity index (χ4v) is 3.02. The van der Waals surface area contributed by atoms with Crippen molar-refractivity contribution in [3.05, 3.63) is 74.4 Å². The first-order chi connectivity index (χ1) is 12.4. The molecule has 134 valence electrons. The van der Waals surface area contributed by atoms with Crippen LogP contribution in [0, 0.1) is 13.8 Å². The van der Waals surface area contributed by atoms with Crippen LogP contribution in [0.25, 0.3) is 10.9 Å². The SMILES string of the molecule is CCn1c(=O)c2ccccc2n(CC(=O)Nc2cccc(C)c2C)c1=O. The highest BCUT2D eigenvalue weighted by Crippen LogP contribution is 2.18. The zero-order chi connectivity index (χ0) is 18.8. The van der Waals surface area contributed by atoms with Gasteiger partial charge in [0.15, 0.2) is 0 Å². The predicted octanol–water partition coefficient (Wildman–Crippen LogP) is 2.44. The molecule has 0 aliphatic carbocycles. The Bertz CT molecular complexity index is 1110. The average molecular weight is 351 g/mol. The van der Waals surface area contributed by atoms with Gasteiger partial charge in [-0.3, -0.25) is 18.7 Å². The summed E-state index contributed by atoms with van der Waals surface area (Å²) in [7, 11) is 0. The largest absolute Gasteiger partial charge is 0.331 e. The normalized spacial score (nSPS) is 10.9. The van der Waals surface area contributed by atoms with Gasteiger partial charge in [-0.2, -0.15) is 0 Å². The highest BCUT2D eigenvalue weighted by atomic mass is 16.2. The Morgan fingerprint density at radius 2 is 1.73 bits per heavy atom. The molecule has 0 unspecified atom stereocenters. The molecule has 0 aliphatic rings. The fourth-order valence-electron chi connectivity index (χ4n) is 3.02. The van der Waals surface area contributed by atoms with Crippen molar-refractivity contribution in [1.29, 1.82) is 0 Å². The van der Waals surface area contributed by atoms with Gasteiger partial charge < -0.3 is 5.32 Å². The summed E-state index contributed by atoms with van der Waals surface area (Å²) in [5.41, 5.74) is 2.42. The molecule has 0 saturated carbocycles. The molecule has 3 rings (SSSR count). The van der Waals surface area contributed by atoms with E-state index in [2.05, 4.69) is 5.32 Å². The Morgan fingerprint density at radius 3 is 2.46 bits per heavy atom. The number of aryl methyl sites for hydroxylation is 1. The highest BCUT2D eigenvalue weighted by Gasteiger charge is 2.15. The Hall–Kier alpha value is -3.15. The molecule has 0 saturated heterocycles. The standard InChI is InChI=1S/C20H21N3O3/c1-4-22-19(25)15-9-5-6-11-17(15)23(20(22)26)12-18(24)21-16-10-7-8-13(2)14(16)3/h5-11H,4,12H2,1-3H3,(H,21,24). The summed E-state index contributed by atoms with van der Waals surface area (Å²) in [5.74, 6) is -0.313. The third-order valence-corrected chi connectivity index (χ3v) is 4.63. The minimum atomic E-state index is -0.479. The van der Waals surface area contributed by atoms with Crippen LogP contribution >= 0.6 is 0 Å². The van der Waals surface area contributed by atoms with E-state index in [4.69, 9.17) is 0 Å². The molecular formula is C20H21N3O3.